The minimum Gasteiger partial charge on any atom is -0.385 e. The molecule has 0 aliphatic heterocycles. The Balaban J connectivity index is 1.75. The molecule has 0 aromatic heterocycles. The van der Waals surface area contributed by atoms with Crippen molar-refractivity contribution in [3.05, 3.63) is 58.8 Å². The number of anilines is 2. The highest BCUT2D eigenvalue weighted by Gasteiger charge is 2.02. The predicted molar refractivity (Wildman–Crippen MR) is 82.3 cm³/mol. The topological polar surface area (TPSA) is 41.1 Å². The summed E-state index contributed by atoms with van der Waals surface area (Å²) in [5, 5.41) is 5.87. The molecule has 0 aliphatic rings. The molecule has 1 amide bonds. The van der Waals surface area contributed by atoms with Crippen LogP contribution in [0.15, 0.2) is 53.0 Å². The molecule has 2 aromatic carbocycles. The molecular formula is C15H14BrFN2O. The number of rotatable bonds is 5. The molecule has 104 valence electrons. The van der Waals surface area contributed by atoms with E-state index < -0.39 is 0 Å². The molecule has 0 fully saturated rings. The molecule has 0 saturated heterocycles. The number of benzene rings is 2. The van der Waals surface area contributed by atoms with Gasteiger partial charge in [-0.2, -0.15) is 0 Å². The third kappa shape index (κ3) is 4.66. The van der Waals surface area contributed by atoms with E-state index >= 15 is 0 Å². The second kappa shape index (κ2) is 7.05. The van der Waals surface area contributed by atoms with Gasteiger partial charge < -0.3 is 10.6 Å². The first kappa shape index (κ1) is 14.5. The summed E-state index contributed by atoms with van der Waals surface area (Å²) < 4.78 is 13.7. The lowest BCUT2D eigenvalue weighted by Gasteiger charge is -2.07. The lowest BCUT2D eigenvalue weighted by atomic mass is 10.3. The van der Waals surface area contributed by atoms with Gasteiger partial charge in [0.25, 0.3) is 0 Å². The largest absolute Gasteiger partial charge is 0.385 e. The molecule has 3 nitrogen and oxygen atoms in total. The number of hydrogen-bond acceptors (Lipinski definition) is 2. The summed E-state index contributed by atoms with van der Waals surface area (Å²) in [6.45, 7) is 0.494. The van der Waals surface area contributed by atoms with Gasteiger partial charge in [0, 0.05) is 28.8 Å². The smallest absolute Gasteiger partial charge is 0.226 e. The van der Waals surface area contributed by atoms with Crippen molar-refractivity contribution >= 4 is 33.2 Å². The molecule has 0 aliphatic carbocycles. The highest BCUT2D eigenvalue weighted by atomic mass is 79.9. The highest BCUT2D eigenvalue weighted by molar-refractivity contribution is 9.10. The summed E-state index contributed by atoms with van der Waals surface area (Å²) >= 11 is 3.34. The van der Waals surface area contributed by atoms with Crippen LogP contribution in [0.1, 0.15) is 6.42 Å². The number of hydrogen-bond donors (Lipinski definition) is 2. The molecule has 2 rings (SSSR count). The van der Waals surface area contributed by atoms with Crippen molar-refractivity contribution in [1.82, 2.24) is 0 Å². The van der Waals surface area contributed by atoms with Gasteiger partial charge >= 0.3 is 0 Å². The van der Waals surface area contributed by atoms with Crippen molar-refractivity contribution in [2.75, 3.05) is 17.2 Å². The van der Waals surface area contributed by atoms with E-state index in [4.69, 9.17) is 0 Å². The van der Waals surface area contributed by atoms with Crippen molar-refractivity contribution in [1.29, 1.82) is 0 Å². The van der Waals surface area contributed by atoms with E-state index in [9.17, 15) is 9.18 Å². The molecule has 0 heterocycles. The fourth-order valence-corrected chi connectivity index (χ4v) is 1.91. The van der Waals surface area contributed by atoms with Gasteiger partial charge in [0.1, 0.15) is 5.82 Å². The van der Waals surface area contributed by atoms with Crippen molar-refractivity contribution in [3.63, 3.8) is 0 Å². The van der Waals surface area contributed by atoms with E-state index in [1.807, 2.05) is 24.3 Å². The molecule has 20 heavy (non-hydrogen) atoms. The van der Waals surface area contributed by atoms with Gasteiger partial charge in [-0.25, -0.2) is 4.39 Å². The predicted octanol–water partition coefficient (Wildman–Crippen LogP) is 4.03. The van der Waals surface area contributed by atoms with Crippen LogP contribution in [0.25, 0.3) is 0 Å². The van der Waals surface area contributed by atoms with Gasteiger partial charge in [0.05, 0.1) is 0 Å². The van der Waals surface area contributed by atoms with Gasteiger partial charge in [0.15, 0.2) is 0 Å². The van der Waals surface area contributed by atoms with Crippen LogP contribution in [0.5, 0.6) is 0 Å². The summed E-state index contributed by atoms with van der Waals surface area (Å²) in [4.78, 5) is 11.7. The van der Waals surface area contributed by atoms with Crippen molar-refractivity contribution in [3.8, 4) is 0 Å². The van der Waals surface area contributed by atoms with Gasteiger partial charge in [0.2, 0.25) is 5.91 Å². The zero-order chi connectivity index (χ0) is 14.4. The van der Waals surface area contributed by atoms with Crippen LogP contribution in [0.2, 0.25) is 0 Å². The first-order valence-corrected chi connectivity index (χ1v) is 6.97. The summed E-state index contributed by atoms with van der Waals surface area (Å²) in [5.74, 6) is -0.342. The summed E-state index contributed by atoms with van der Waals surface area (Å²) in [7, 11) is 0. The van der Waals surface area contributed by atoms with Crippen LogP contribution < -0.4 is 10.6 Å². The summed E-state index contributed by atoms with van der Waals surface area (Å²) in [6, 6.07) is 13.4. The molecular weight excluding hydrogens is 323 g/mol. The number of amides is 1. The Morgan fingerprint density at radius 2 is 1.60 bits per heavy atom. The second-order valence-electron chi connectivity index (χ2n) is 4.24. The van der Waals surface area contributed by atoms with E-state index in [2.05, 4.69) is 26.6 Å². The maximum absolute atomic E-state index is 12.7. The monoisotopic (exact) mass is 336 g/mol. The van der Waals surface area contributed by atoms with Crippen molar-refractivity contribution < 1.29 is 9.18 Å². The molecule has 2 N–H and O–H groups in total. The fraction of sp³-hybridized carbons (Fsp3) is 0.133. The molecule has 0 bridgehead atoms. The summed E-state index contributed by atoms with van der Waals surface area (Å²) in [6.07, 6.45) is 0.341. The molecule has 0 saturated carbocycles. The van der Waals surface area contributed by atoms with E-state index in [0.717, 1.165) is 15.8 Å². The molecule has 2 aromatic rings. The van der Waals surface area contributed by atoms with Crippen LogP contribution in [-0.2, 0) is 4.79 Å². The molecule has 0 atom stereocenters. The lowest BCUT2D eigenvalue weighted by Crippen LogP contribution is -2.16. The van der Waals surface area contributed by atoms with Gasteiger partial charge in [-0.3, -0.25) is 4.79 Å². The summed E-state index contributed by atoms with van der Waals surface area (Å²) in [5.41, 5.74) is 1.56. The van der Waals surface area contributed by atoms with Crippen molar-refractivity contribution in [2.45, 2.75) is 6.42 Å². The van der Waals surface area contributed by atoms with E-state index in [1.54, 1.807) is 12.1 Å². The fourth-order valence-electron chi connectivity index (χ4n) is 1.64. The minimum absolute atomic E-state index is 0.0677. The third-order valence-corrected chi connectivity index (χ3v) is 3.18. The first-order chi connectivity index (χ1) is 9.63. The Labute approximate surface area is 125 Å². The average Bonchev–Trinajstić information content (AvgIpc) is 2.44. The molecule has 5 heteroatoms. The normalized spacial score (nSPS) is 10.1. The maximum Gasteiger partial charge on any atom is 0.226 e. The van der Waals surface area contributed by atoms with Crippen LogP contribution >= 0.6 is 15.9 Å². The number of carbonyl (C=O) groups is 1. The van der Waals surface area contributed by atoms with Crippen LogP contribution in [0, 0.1) is 5.82 Å². The van der Waals surface area contributed by atoms with E-state index in [-0.39, 0.29) is 11.7 Å². The standard InChI is InChI=1S/C15H14BrFN2O/c16-11-1-5-14(6-2-11)19-15(20)9-10-18-13-7-3-12(17)4-8-13/h1-8,18H,9-10H2,(H,19,20). The Kier molecular flexibility index (Phi) is 5.12. The average molecular weight is 337 g/mol. The van der Waals surface area contributed by atoms with Crippen molar-refractivity contribution in [2.24, 2.45) is 0 Å². The zero-order valence-corrected chi connectivity index (χ0v) is 12.3. The maximum atomic E-state index is 12.7. The zero-order valence-electron chi connectivity index (χ0n) is 10.7. The van der Waals surface area contributed by atoms with Crippen LogP contribution in [-0.4, -0.2) is 12.5 Å². The van der Waals surface area contributed by atoms with Gasteiger partial charge in [-0.05, 0) is 48.5 Å². The van der Waals surface area contributed by atoms with Gasteiger partial charge in [-0.1, -0.05) is 15.9 Å². The SMILES string of the molecule is O=C(CCNc1ccc(F)cc1)Nc1ccc(Br)cc1. The van der Waals surface area contributed by atoms with E-state index in [1.165, 1.54) is 12.1 Å². The number of nitrogens with one attached hydrogen (secondary N) is 2. The highest BCUT2D eigenvalue weighted by Crippen LogP contribution is 2.14. The number of halogens is 2. The molecule has 0 unspecified atom stereocenters. The second-order valence-corrected chi connectivity index (χ2v) is 5.15. The van der Waals surface area contributed by atoms with Gasteiger partial charge in [-0.15, -0.1) is 0 Å². The Hall–Kier alpha value is -1.88. The Morgan fingerprint density at radius 1 is 1.00 bits per heavy atom. The third-order valence-electron chi connectivity index (χ3n) is 2.65. The first-order valence-electron chi connectivity index (χ1n) is 6.18. The quantitative estimate of drug-likeness (QED) is 0.865. The van der Waals surface area contributed by atoms with E-state index in [0.29, 0.717) is 13.0 Å². The number of carbonyl (C=O) groups excluding carboxylic acids is 1. The Bertz CT molecular complexity index is 569. The minimum atomic E-state index is -0.275. The molecule has 0 radical (unpaired) electrons. The molecule has 0 spiro atoms. The van der Waals surface area contributed by atoms with Crippen LogP contribution in [0.4, 0.5) is 15.8 Å². The lowest BCUT2D eigenvalue weighted by molar-refractivity contribution is -0.115. The van der Waals surface area contributed by atoms with Crippen LogP contribution in [0.3, 0.4) is 0 Å². The Morgan fingerprint density at radius 3 is 2.25 bits per heavy atom.